The third kappa shape index (κ3) is 2.82. The summed E-state index contributed by atoms with van der Waals surface area (Å²) in [6.45, 7) is 2.18. The molecule has 0 aromatic heterocycles. The van der Waals surface area contributed by atoms with Crippen LogP contribution in [0.5, 0.6) is 0 Å². The monoisotopic (exact) mass is 316 g/mol. The predicted molar refractivity (Wildman–Crippen MR) is 98.9 cm³/mol. The first kappa shape index (κ1) is 14.3. The quantitative estimate of drug-likeness (QED) is 0.565. The topological polar surface area (TPSA) is 3.01 Å². The first-order valence-corrected chi connectivity index (χ1v) is 8.79. The third-order valence-electron chi connectivity index (χ3n) is 4.19. The van der Waals surface area contributed by atoms with Crippen LogP contribution >= 0.6 is 11.8 Å². The Balaban J connectivity index is 1.67. The first-order chi connectivity index (χ1) is 11.3. The van der Waals surface area contributed by atoms with Gasteiger partial charge in [0.15, 0.2) is 12.1 Å². The molecule has 3 aromatic rings. The van der Waals surface area contributed by atoms with Gasteiger partial charge >= 0.3 is 0 Å². The highest BCUT2D eigenvalue weighted by molar-refractivity contribution is 7.99. The van der Waals surface area contributed by atoms with Crippen LogP contribution < -0.4 is 0 Å². The summed E-state index contributed by atoms with van der Waals surface area (Å²) >= 11 is 1.91. The van der Waals surface area contributed by atoms with Crippen molar-refractivity contribution >= 4 is 23.7 Å². The second-order valence-electron chi connectivity index (χ2n) is 5.78. The molecule has 3 aromatic carbocycles. The molecule has 0 saturated heterocycles. The van der Waals surface area contributed by atoms with Crippen molar-refractivity contribution in [3.05, 3.63) is 83.9 Å². The van der Waals surface area contributed by atoms with E-state index >= 15 is 0 Å². The van der Waals surface area contributed by atoms with Crippen LogP contribution in [0.2, 0.25) is 0 Å². The Morgan fingerprint density at radius 1 is 0.783 bits per heavy atom. The van der Waals surface area contributed by atoms with Gasteiger partial charge in [-0.3, -0.25) is 0 Å². The highest BCUT2D eigenvalue weighted by atomic mass is 32.2. The molecule has 112 valence electrons. The molecule has 0 saturated carbocycles. The summed E-state index contributed by atoms with van der Waals surface area (Å²) in [5.41, 5.74) is 6.44. The van der Waals surface area contributed by atoms with Crippen LogP contribution in [0.1, 0.15) is 11.1 Å². The van der Waals surface area contributed by atoms with E-state index in [1.807, 2.05) is 11.8 Å². The van der Waals surface area contributed by atoms with E-state index in [1.165, 1.54) is 32.8 Å². The molecule has 0 atom stereocenters. The van der Waals surface area contributed by atoms with Crippen LogP contribution in [0.3, 0.4) is 0 Å². The maximum absolute atomic E-state index is 2.32. The number of thioether (sulfide) groups is 1. The summed E-state index contributed by atoms with van der Waals surface area (Å²) in [7, 11) is 0. The Hall–Kier alpha value is -2.32. The normalized spacial score (nSPS) is 13.3. The second-order valence-corrected chi connectivity index (χ2v) is 6.73. The summed E-state index contributed by atoms with van der Waals surface area (Å²) in [6.07, 6.45) is 2.26. The highest BCUT2D eigenvalue weighted by Gasteiger charge is 2.19. The van der Waals surface area contributed by atoms with Gasteiger partial charge in [0.1, 0.15) is 0 Å². The molecule has 0 spiro atoms. The minimum absolute atomic E-state index is 0.961. The van der Waals surface area contributed by atoms with Gasteiger partial charge in [-0.15, -0.1) is 0 Å². The van der Waals surface area contributed by atoms with Gasteiger partial charge < -0.3 is 0 Å². The van der Waals surface area contributed by atoms with Crippen molar-refractivity contribution in [2.75, 3.05) is 5.88 Å². The van der Waals surface area contributed by atoms with Gasteiger partial charge in [0.25, 0.3) is 0 Å². The summed E-state index contributed by atoms with van der Waals surface area (Å²) in [6, 6.07) is 25.8. The van der Waals surface area contributed by atoms with Gasteiger partial charge in [-0.2, -0.15) is 4.58 Å². The van der Waals surface area contributed by atoms with Gasteiger partial charge in [-0.25, -0.2) is 0 Å². The number of rotatable bonds is 2. The zero-order chi connectivity index (χ0) is 15.6. The molecule has 1 aliphatic heterocycles. The van der Waals surface area contributed by atoms with Crippen LogP contribution in [0.25, 0.3) is 11.1 Å². The van der Waals surface area contributed by atoms with E-state index in [4.69, 9.17) is 0 Å². The van der Waals surface area contributed by atoms with Crippen molar-refractivity contribution < 1.29 is 4.58 Å². The van der Waals surface area contributed by atoms with Crippen molar-refractivity contribution in [2.45, 2.75) is 11.8 Å². The van der Waals surface area contributed by atoms with Gasteiger partial charge in [0, 0.05) is 17.0 Å². The van der Waals surface area contributed by atoms with Crippen molar-refractivity contribution in [2.24, 2.45) is 0 Å². The minimum atomic E-state index is 0.961. The Bertz CT molecular complexity index is 864. The van der Waals surface area contributed by atoms with E-state index in [9.17, 15) is 0 Å². The number of hydrogen-bond donors (Lipinski definition) is 0. The van der Waals surface area contributed by atoms with Crippen LogP contribution in [0.15, 0.2) is 77.7 Å². The fraction of sp³-hybridized carbons (Fsp3) is 0.0952. The van der Waals surface area contributed by atoms with Crippen molar-refractivity contribution in [1.82, 2.24) is 0 Å². The van der Waals surface area contributed by atoms with Crippen LogP contribution in [-0.2, 0) is 0 Å². The lowest BCUT2D eigenvalue weighted by molar-refractivity contribution is -0.411. The second kappa shape index (κ2) is 6.05. The Morgan fingerprint density at radius 2 is 1.52 bits per heavy atom. The molecule has 1 heterocycles. The molecule has 23 heavy (non-hydrogen) atoms. The van der Waals surface area contributed by atoms with Gasteiger partial charge in [-0.05, 0) is 41.8 Å². The predicted octanol–water partition coefficient (Wildman–Crippen LogP) is 5.49. The molecule has 0 amide bonds. The molecule has 0 aliphatic carbocycles. The fourth-order valence-electron chi connectivity index (χ4n) is 2.94. The van der Waals surface area contributed by atoms with E-state index in [-0.39, 0.29) is 0 Å². The van der Waals surface area contributed by atoms with E-state index < -0.39 is 0 Å². The lowest BCUT2D eigenvalue weighted by atomic mass is 10.1. The Labute approximate surface area is 141 Å². The number of fused-ring (bicyclic) bond motifs is 1. The van der Waals surface area contributed by atoms with E-state index in [1.54, 1.807) is 0 Å². The van der Waals surface area contributed by atoms with E-state index in [0.717, 1.165) is 5.88 Å². The van der Waals surface area contributed by atoms with E-state index in [2.05, 4.69) is 90.5 Å². The molecule has 1 aliphatic rings. The summed E-state index contributed by atoms with van der Waals surface area (Å²) < 4.78 is 2.32. The van der Waals surface area contributed by atoms with Gasteiger partial charge in [-0.1, -0.05) is 54.2 Å². The number of benzene rings is 3. The third-order valence-corrected chi connectivity index (χ3v) is 5.44. The lowest BCUT2D eigenvalue weighted by Crippen LogP contribution is -2.13. The van der Waals surface area contributed by atoms with E-state index in [0.29, 0.717) is 0 Å². The Kier molecular flexibility index (Phi) is 3.76. The largest absolute Gasteiger partial charge is 0.205 e. The summed E-state index contributed by atoms with van der Waals surface area (Å²) in [5, 5.41) is 0. The molecule has 0 bridgehead atoms. The molecule has 0 unspecified atom stereocenters. The maximum atomic E-state index is 2.32. The average Bonchev–Trinajstić information content (AvgIpc) is 2.63. The molecule has 0 fully saturated rings. The zero-order valence-electron chi connectivity index (χ0n) is 13.1. The number of hydrogen-bond acceptors (Lipinski definition) is 1. The zero-order valence-corrected chi connectivity index (χ0v) is 13.9. The number of nitrogens with zero attached hydrogens (tertiary/aromatic N) is 1. The molecular weight excluding hydrogens is 298 g/mol. The smallest absolute Gasteiger partial charge is 0.188 e. The minimum Gasteiger partial charge on any atom is -0.188 e. The molecule has 2 heteroatoms. The Morgan fingerprint density at radius 3 is 2.30 bits per heavy atom. The van der Waals surface area contributed by atoms with Crippen LogP contribution in [-0.4, -0.2) is 16.7 Å². The lowest BCUT2D eigenvalue weighted by Gasteiger charge is -2.13. The molecule has 0 radical (unpaired) electrons. The van der Waals surface area contributed by atoms with Gasteiger partial charge in [0.05, 0.1) is 5.56 Å². The summed E-state index contributed by atoms with van der Waals surface area (Å²) in [4.78, 5) is 1.41. The molecule has 1 nitrogen and oxygen atoms in total. The fourth-order valence-corrected chi connectivity index (χ4v) is 4.01. The standard InChI is InChI=1S/C21H18NS/c1-16-6-5-9-19-14-22(15-23-21(16)19)20-12-10-18(11-13-20)17-7-3-2-4-8-17/h2-14H,15H2,1H3/q+1. The van der Waals surface area contributed by atoms with Crippen LogP contribution in [0, 0.1) is 6.92 Å². The number of aryl methyl sites for hydroxylation is 1. The maximum Gasteiger partial charge on any atom is 0.205 e. The average molecular weight is 316 g/mol. The molecule has 0 N–H and O–H groups in total. The SMILES string of the molecule is Cc1cccc2c1SC[N+](c1ccc(-c3ccccc3)cc1)=C2. The van der Waals surface area contributed by atoms with Gasteiger partial charge in [0.2, 0.25) is 5.69 Å². The van der Waals surface area contributed by atoms with Crippen molar-refractivity contribution in [3.63, 3.8) is 0 Å². The molecule has 4 rings (SSSR count). The van der Waals surface area contributed by atoms with Crippen molar-refractivity contribution in [3.8, 4) is 11.1 Å². The highest BCUT2D eigenvalue weighted by Crippen LogP contribution is 2.31. The first-order valence-electron chi connectivity index (χ1n) is 7.81. The summed E-state index contributed by atoms with van der Waals surface area (Å²) in [5.74, 6) is 0.961. The van der Waals surface area contributed by atoms with Crippen LogP contribution in [0.4, 0.5) is 5.69 Å². The molecular formula is C21H18NS+. The van der Waals surface area contributed by atoms with Crippen molar-refractivity contribution in [1.29, 1.82) is 0 Å².